The second-order valence-corrected chi connectivity index (χ2v) is 4.72. The molecule has 0 atom stereocenters. The van der Waals surface area contributed by atoms with Crippen LogP contribution >= 0.6 is 0 Å². The summed E-state index contributed by atoms with van der Waals surface area (Å²) in [6.45, 7) is 4.98. The molecule has 0 saturated heterocycles. The third kappa shape index (κ3) is 5.91. The van der Waals surface area contributed by atoms with Crippen LogP contribution in [0.25, 0.3) is 0 Å². The van der Waals surface area contributed by atoms with Crippen LogP contribution in [0.4, 0.5) is 0 Å². The molecule has 0 aliphatic carbocycles. The zero-order valence-electron chi connectivity index (χ0n) is 12.7. The van der Waals surface area contributed by atoms with E-state index in [2.05, 4.69) is 6.58 Å². The van der Waals surface area contributed by atoms with Crippen molar-refractivity contribution in [1.82, 2.24) is 0 Å². The highest BCUT2D eigenvalue weighted by Gasteiger charge is 2.10. The Morgan fingerprint density at radius 3 is 2.64 bits per heavy atom. The summed E-state index contributed by atoms with van der Waals surface area (Å²) in [6.07, 6.45) is 4.99. The Morgan fingerprint density at radius 2 is 2.00 bits per heavy atom. The minimum Gasteiger partial charge on any atom is -0.463 e. The Labute approximate surface area is 129 Å². The van der Waals surface area contributed by atoms with Gasteiger partial charge in [-0.25, -0.2) is 4.79 Å². The molecule has 0 saturated carbocycles. The van der Waals surface area contributed by atoms with Crippen molar-refractivity contribution in [2.24, 2.45) is 0 Å². The molecule has 0 fully saturated rings. The molecular formula is C17H20O5. The lowest BCUT2D eigenvalue weighted by Gasteiger charge is -2.09. The number of esters is 2. The van der Waals surface area contributed by atoms with Crippen LogP contribution in [0.3, 0.4) is 0 Å². The minimum absolute atomic E-state index is 0.292. The fraction of sp³-hybridized carbons (Fsp3) is 0.353. The largest absolute Gasteiger partial charge is 0.463 e. The SMILES string of the molecule is C=CC(=O)OCCCCCc1cccc(OC(C)=O)c1C=O. The van der Waals surface area contributed by atoms with Gasteiger partial charge in [-0.05, 0) is 37.3 Å². The molecule has 0 aliphatic rings. The van der Waals surface area contributed by atoms with Crippen molar-refractivity contribution < 1.29 is 23.9 Å². The summed E-state index contributed by atoms with van der Waals surface area (Å²) < 4.78 is 9.90. The van der Waals surface area contributed by atoms with E-state index in [0.717, 1.165) is 30.9 Å². The lowest BCUT2D eigenvalue weighted by atomic mass is 10.0. The second kappa shape index (κ2) is 9.50. The van der Waals surface area contributed by atoms with Gasteiger partial charge in [-0.1, -0.05) is 18.7 Å². The van der Waals surface area contributed by atoms with Gasteiger partial charge in [0.2, 0.25) is 0 Å². The van der Waals surface area contributed by atoms with Crippen molar-refractivity contribution in [3.05, 3.63) is 42.0 Å². The number of hydrogen-bond acceptors (Lipinski definition) is 5. The van der Waals surface area contributed by atoms with Crippen LogP contribution in [0.15, 0.2) is 30.9 Å². The first-order valence-corrected chi connectivity index (χ1v) is 7.13. The Balaban J connectivity index is 2.48. The van der Waals surface area contributed by atoms with Gasteiger partial charge in [0.05, 0.1) is 12.2 Å². The predicted molar refractivity (Wildman–Crippen MR) is 81.8 cm³/mol. The number of aldehydes is 1. The lowest BCUT2D eigenvalue weighted by Crippen LogP contribution is -2.06. The zero-order chi connectivity index (χ0) is 16.4. The molecule has 0 N–H and O–H groups in total. The molecule has 22 heavy (non-hydrogen) atoms. The highest BCUT2D eigenvalue weighted by molar-refractivity contribution is 5.84. The van der Waals surface area contributed by atoms with Gasteiger partial charge in [0.15, 0.2) is 6.29 Å². The Bertz CT molecular complexity index is 548. The van der Waals surface area contributed by atoms with Crippen LogP contribution < -0.4 is 4.74 Å². The monoisotopic (exact) mass is 304 g/mol. The number of benzene rings is 1. The molecule has 5 heteroatoms. The molecule has 1 rings (SSSR count). The fourth-order valence-electron chi connectivity index (χ4n) is 2.01. The van der Waals surface area contributed by atoms with Crippen molar-refractivity contribution in [1.29, 1.82) is 0 Å². The molecule has 0 aromatic heterocycles. The topological polar surface area (TPSA) is 69.7 Å². The van der Waals surface area contributed by atoms with E-state index in [9.17, 15) is 14.4 Å². The van der Waals surface area contributed by atoms with Crippen molar-refractivity contribution in [3.63, 3.8) is 0 Å². The van der Waals surface area contributed by atoms with Gasteiger partial charge >= 0.3 is 11.9 Å². The molecule has 0 aliphatic heterocycles. The first-order valence-electron chi connectivity index (χ1n) is 7.13. The van der Waals surface area contributed by atoms with Gasteiger partial charge in [0, 0.05) is 13.0 Å². The average Bonchev–Trinajstić information content (AvgIpc) is 2.50. The standard InChI is InChI=1S/C17H20O5/c1-3-17(20)21-11-6-4-5-8-14-9-7-10-16(15(14)12-18)22-13(2)19/h3,7,9-10,12H,1,4-6,8,11H2,2H3. The van der Waals surface area contributed by atoms with E-state index in [1.54, 1.807) is 12.1 Å². The first-order chi connectivity index (χ1) is 10.6. The van der Waals surface area contributed by atoms with E-state index >= 15 is 0 Å². The molecule has 0 unspecified atom stereocenters. The van der Waals surface area contributed by atoms with E-state index in [0.29, 0.717) is 30.6 Å². The van der Waals surface area contributed by atoms with Crippen LogP contribution in [0, 0.1) is 0 Å². The Kier molecular flexibility index (Phi) is 7.61. The van der Waals surface area contributed by atoms with Crippen LogP contribution in [-0.4, -0.2) is 24.8 Å². The van der Waals surface area contributed by atoms with E-state index in [1.165, 1.54) is 6.92 Å². The smallest absolute Gasteiger partial charge is 0.330 e. The van der Waals surface area contributed by atoms with E-state index in [1.807, 2.05) is 6.07 Å². The molecule has 0 spiro atoms. The number of hydrogen-bond donors (Lipinski definition) is 0. The predicted octanol–water partition coefficient (Wildman–Crippen LogP) is 2.87. The first kappa shape index (κ1) is 17.6. The van der Waals surface area contributed by atoms with Gasteiger partial charge in [-0.3, -0.25) is 9.59 Å². The third-order valence-corrected chi connectivity index (χ3v) is 3.03. The highest BCUT2D eigenvalue weighted by Crippen LogP contribution is 2.22. The minimum atomic E-state index is -0.454. The van der Waals surface area contributed by atoms with Crippen LogP contribution in [0.5, 0.6) is 5.75 Å². The molecule has 0 heterocycles. The maximum Gasteiger partial charge on any atom is 0.330 e. The lowest BCUT2D eigenvalue weighted by molar-refractivity contribution is -0.138. The van der Waals surface area contributed by atoms with Crippen molar-refractivity contribution in [2.75, 3.05) is 6.61 Å². The maximum absolute atomic E-state index is 11.2. The fourth-order valence-corrected chi connectivity index (χ4v) is 2.01. The molecule has 0 bridgehead atoms. The zero-order valence-corrected chi connectivity index (χ0v) is 12.7. The molecule has 1 aromatic carbocycles. The molecule has 0 radical (unpaired) electrons. The van der Waals surface area contributed by atoms with Gasteiger partial charge in [0.25, 0.3) is 0 Å². The van der Waals surface area contributed by atoms with Crippen LogP contribution in [0.1, 0.15) is 42.1 Å². The van der Waals surface area contributed by atoms with Gasteiger partial charge < -0.3 is 9.47 Å². The Morgan fingerprint density at radius 1 is 1.23 bits per heavy atom. The number of ether oxygens (including phenoxy) is 2. The van der Waals surface area contributed by atoms with Crippen molar-refractivity contribution >= 4 is 18.2 Å². The number of carbonyl (C=O) groups excluding carboxylic acids is 3. The number of carbonyl (C=O) groups is 3. The van der Waals surface area contributed by atoms with Crippen LogP contribution in [0.2, 0.25) is 0 Å². The second-order valence-electron chi connectivity index (χ2n) is 4.72. The summed E-state index contributed by atoms with van der Waals surface area (Å²) >= 11 is 0. The summed E-state index contributed by atoms with van der Waals surface area (Å²) in [5.41, 5.74) is 1.26. The van der Waals surface area contributed by atoms with Crippen molar-refractivity contribution in [3.8, 4) is 5.75 Å². The third-order valence-electron chi connectivity index (χ3n) is 3.03. The van der Waals surface area contributed by atoms with Crippen LogP contribution in [-0.2, 0) is 20.7 Å². The van der Waals surface area contributed by atoms with Gasteiger partial charge in [-0.15, -0.1) is 0 Å². The maximum atomic E-state index is 11.2. The number of rotatable bonds is 9. The summed E-state index contributed by atoms with van der Waals surface area (Å²) in [6, 6.07) is 5.20. The Hall–Kier alpha value is -2.43. The summed E-state index contributed by atoms with van der Waals surface area (Å²) in [5.74, 6) is -0.582. The van der Waals surface area contributed by atoms with Crippen molar-refractivity contribution in [2.45, 2.75) is 32.6 Å². The molecule has 1 aromatic rings. The van der Waals surface area contributed by atoms with E-state index in [-0.39, 0.29) is 0 Å². The van der Waals surface area contributed by atoms with E-state index in [4.69, 9.17) is 9.47 Å². The van der Waals surface area contributed by atoms with Gasteiger partial charge in [-0.2, -0.15) is 0 Å². The molecule has 5 nitrogen and oxygen atoms in total. The van der Waals surface area contributed by atoms with E-state index < -0.39 is 11.9 Å². The van der Waals surface area contributed by atoms with Gasteiger partial charge in [0.1, 0.15) is 5.75 Å². The number of aryl methyl sites for hydroxylation is 1. The normalized spacial score (nSPS) is 9.86. The summed E-state index contributed by atoms with van der Waals surface area (Å²) in [7, 11) is 0. The molecule has 118 valence electrons. The summed E-state index contributed by atoms with van der Waals surface area (Å²) in [5, 5.41) is 0. The highest BCUT2D eigenvalue weighted by atomic mass is 16.5. The molecular weight excluding hydrogens is 284 g/mol. The average molecular weight is 304 g/mol. The number of unbranched alkanes of at least 4 members (excludes halogenated alkanes) is 2. The molecule has 0 amide bonds. The summed E-state index contributed by atoms with van der Waals surface area (Å²) in [4.78, 5) is 33.1. The quantitative estimate of drug-likeness (QED) is 0.231.